The quantitative estimate of drug-likeness (QED) is 0.927. The second-order valence-electron chi connectivity index (χ2n) is 6.10. The SMILES string of the molecule is CCc1ccccc1NC(=O)N1CC(N2CCCCC2)C1. The normalized spacial score (nSPS) is 20.1. The molecule has 0 unspecified atom stereocenters. The Kier molecular flexibility index (Phi) is 4.44. The molecule has 2 heterocycles. The van der Waals surface area contributed by atoms with Crippen LogP contribution >= 0.6 is 0 Å². The van der Waals surface area contributed by atoms with Crippen molar-refractivity contribution < 1.29 is 4.79 Å². The Morgan fingerprint density at radius 2 is 1.90 bits per heavy atom. The van der Waals surface area contributed by atoms with Gasteiger partial charge < -0.3 is 10.2 Å². The van der Waals surface area contributed by atoms with Gasteiger partial charge in [0.15, 0.2) is 0 Å². The van der Waals surface area contributed by atoms with E-state index in [1.54, 1.807) is 0 Å². The summed E-state index contributed by atoms with van der Waals surface area (Å²) in [4.78, 5) is 16.8. The van der Waals surface area contributed by atoms with Crippen molar-refractivity contribution in [2.45, 2.75) is 38.6 Å². The standard InChI is InChI=1S/C17H25N3O/c1-2-14-8-4-5-9-16(14)18-17(21)20-12-15(13-20)19-10-6-3-7-11-19/h4-5,8-9,15H,2-3,6-7,10-13H2,1H3,(H,18,21). The Labute approximate surface area is 127 Å². The maximum absolute atomic E-state index is 12.3. The number of carbonyl (C=O) groups excluding carboxylic acids is 1. The highest BCUT2D eigenvalue weighted by molar-refractivity contribution is 5.90. The van der Waals surface area contributed by atoms with Gasteiger partial charge in [0, 0.05) is 24.8 Å². The van der Waals surface area contributed by atoms with Gasteiger partial charge in [-0.05, 0) is 44.0 Å². The molecule has 0 aromatic heterocycles. The van der Waals surface area contributed by atoms with E-state index in [9.17, 15) is 4.79 Å². The number of hydrogen-bond donors (Lipinski definition) is 1. The van der Waals surface area contributed by atoms with E-state index in [0.717, 1.165) is 25.2 Å². The fourth-order valence-electron chi connectivity index (χ4n) is 3.28. The zero-order valence-electron chi connectivity index (χ0n) is 12.8. The highest BCUT2D eigenvalue weighted by atomic mass is 16.2. The van der Waals surface area contributed by atoms with E-state index in [4.69, 9.17) is 0 Å². The smallest absolute Gasteiger partial charge is 0.321 e. The van der Waals surface area contributed by atoms with Crippen molar-refractivity contribution in [1.29, 1.82) is 0 Å². The number of hydrogen-bond acceptors (Lipinski definition) is 2. The van der Waals surface area contributed by atoms with Crippen LogP contribution in [0, 0.1) is 0 Å². The topological polar surface area (TPSA) is 35.6 Å². The van der Waals surface area contributed by atoms with Gasteiger partial charge in [0.2, 0.25) is 0 Å². The van der Waals surface area contributed by atoms with Crippen LogP contribution in [0.15, 0.2) is 24.3 Å². The summed E-state index contributed by atoms with van der Waals surface area (Å²) in [5.41, 5.74) is 2.14. The fourth-order valence-corrected chi connectivity index (χ4v) is 3.28. The number of carbonyl (C=O) groups is 1. The number of piperidine rings is 1. The van der Waals surface area contributed by atoms with Crippen LogP contribution in [0.4, 0.5) is 10.5 Å². The Bertz CT molecular complexity index is 491. The van der Waals surface area contributed by atoms with Gasteiger partial charge in [0.25, 0.3) is 0 Å². The Hall–Kier alpha value is -1.55. The van der Waals surface area contributed by atoms with E-state index >= 15 is 0 Å². The molecule has 2 saturated heterocycles. The fraction of sp³-hybridized carbons (Fsp3) is 0.588. The number of nitrogens with zero attached hydrogens (tertiary/aromatic N) is 2. The summed E-state index contributed by atoms with van der Waals surface area (Å²) >= 11 is 0. The summed E-state index contributed by atoms with van der Waals surface area (Å²) in [6, 6.07) is 8.67. The molecule has 0 spiro atoms. The molecule has 3 rings (SSSR count). The van der Waals surface area contributed by atoms with Gasteiger partial charge in [0.1, 0.15) is 0 Å². The zero-order chi connectivity index (χ0) is 14.7. The molecule has 2 amide bonds. The van der Waals surface area contributed by atoms with Crippen molar-refractivity contribution in [3.05, 3.63) is 29.8 Å². The average molecular weight is 287 g/mol. The second-order valence-corrected chi connectivity index (χ2v) is 6.10. The number of para-hydroxylation sites is 1. The minimum atomic E-state index is 0.0455. The van der Waals surface area contributed by atoms with Crippen LogP contribution in [0.2, 0.25) is 0 Å². The largest absolute Gasteiger partial charge is 0.321 e. The van der Waals surface area contributed by atoms with Crippen LogP contribution in [0.1, 0.15) is 31.7 Å². The molecule has 2 aliphatic rings. The Morgan fingerprint density at radius 1 is 1.19 bits per heavy atom. The van der Waals surface area contributed by atoms with Gasteiger partial charge >= 0.3 is 6.03 Å². The minimum Gasteiger partial charge on any atom is -0.321 e. The van der Waals surface area contributed by atoms with Gasteiger partial charge in [0.05, 0.1) is 0 Å². The highest BCUT2D eigenvalue weighted by Gasteiger charge is 2.35. The number of aryl methyl sites for hydroxylation is 1. The zero-order valence-corrected chi connectivity index (χ0v) is 12.8. The molecule has 21 heavy (non-hydrogen) atoms. The molecule has 0 aliphatic carbocycles. The van der Waals surface area contributed by atoms with E-state index in [1.807, 2.05) is 23.1 Å². The Balaban J connectivity index is 1.51. The summed E-state index contributed by atoms with van der Waals surface area (Å²) in [6.45, 7) is 6.28. The third kappa shape index (κ3) is 3.21. The molecule has 1 aromatic rings. The van der Waals surface area contributed by atoms with E-state index < -0.39 is 0 Å². The highest BCUT2D eigenvalue weighted by Crippen LogP contribution is 2.22. The van der Waals surface area contributed by atoms with E-state index in [-0.39, 0.29) is 6.03 Å². The van der Waals surface area contributed by atoms with Gasteiger partial charge in [-0.1, -0.05) is 31.5 Å². The molecule has 0 radical (unpaired) electrons. The summed E-state index contributed by atoms with van der Waals surface area (Å²) in [5, 5.41) is 3.06. The van der Waals surface area contributed by atoms with Crippen LogP contribution in [0.3, 0.4) is 0 Å². The minimum absolute atomic E-state index is 0.0455. The van der Waals surface area contributed by atoms with Crippen molar-refractivity contribution >= 4 is 11.7 Å². The molecule has 0 bridgehead atoms. The van der Waals surface area contributed by atoms with Crippen molar-refractivity contribution in [1.82, 2.24) is 9.80 Å². The summed E-state index contributed by atoms with van der Waals surface area (Å²) in [7, 11) is 0. The summed E-state index contributed by atoms with van der Waals surface area (Å²) in [6.07, 6.45) is 4.92. The van der Waals surface area contributed by atoms with Gasteiger partial charge in [-0.25, -0.2) is 4.79 Å². The number of rotatable bonds is 3. The predicted octanol–water partition coefficient (Wildman–Crippen LogP) is 2.95. The molecule has 0 saturated carbocycles. The van der Waals surface area contributed by atoms with Gasteiger partial charge in [-0.3, -0.25) is 4.90 Å². The number of nitrogens with one attached hydrogen (secondary N) is 1. The Morgan fingerprint density at radius 3 is 2.62 bits per heavy atom. The van der Waals surface area contributed by atoms with E-state index in [1.165, 1.54) is 37.9 Å². The number of amides is 2. The van der Waals surface area contributed by atoms with Crippen molar-refractivity contribution in [2.75, 3.05) is 31.5 Å². The van der Waals surface area contributed by atoms with Gasteiger partial charge in [-0.2, -0.15) is 0 Å². The lowest BCUT2D eigenvalue weighted by Gasteiger charge is -2.46. The van der Waals surface area contributed by atoms with Crippen LogP contribution < -0.4 is 5.32 Å². The first-order valence-electron chi connectivity index (χ1n) is 8.16. The third-order valence-corrected chi connectivity index (χ3v) is 4.70. The maximum atomic E-state index is 12.3. The number of anilines is 1. The van der Waals surface area contributed by atoms with E-state index in [2.05, 4.69) is 23.2 Å². The molecule has 1 N–H and O–H groups in total. The third-order valence-electron chi connectivity index (χ3n) is 4.70. The molecule has 114 valence electrons. The van der Waals surface area contributed by atoms with Crippen LogP contribution in [0.25, 0.3) is 0 Å². The first-order valence-corrected chi connectivity index (χ1v) is 8.16. The van der Waals surface area contributed by atoms with Crippen LogP contribution in [-0.2, 0) is 6.42 Å². The molecule has 4 heteroatoms. The maximum Gasteiger partial charge on any atom is 0.321 e. The second kappa shape index (κ2) is 6.48. The lowest BCUT2D eigenvalue weighted by Crippen LogP contribution is -2.62. The first kappa shape index (κ1) is 14.4. The molecule has 4 nitrogen and oxygen atoms in total. The van der Waals surface area contributed by atoms with Crippen molar-refractivity contribution in [3.8, 4) is 0 Å². The van der Waals surface area contributed by atoms with Gasteiger partial charge in [-0.15, -0.1) is 0 Å². The molecule has 2 aliphatic heterocycles. The first-order chi connectivity index (χ1) is 10.3. The monoisotopic (exact) mass is 287 g/mol. The molecular formula is C17H25N3O. The molecule has 1 aromatic carbocycles. The number of benzene rings is 1. The summed E-state index contributed by atoms with van der Waals surface area (Å²) < 4.78 is 0. The lowest BCUT2D eigenvalue weighted by molar-refractivity contribution is 0.0493. The van der Waals surface area contributed by atoms with Crippen molar-refractivity contribution in [3.63, 3.8) is 0 Å². The molecular weight excluding hydrogens is 262 g/mol. The predicted molar refractivity (Wildman–Crippen MR) is 85.6 cm³/mol. The average Bonchev–Trinajstić information content (AvgIpc) is 2.47. The summed E-state index contributed by atoms with van der Waals surface area (Å²) in [5.74, 6) is 0. The lowest BCUT2D eigenvalue weighted by atomic mass is 10.0. The number of likely N-dealkylation sites (tertiary alicyclic amines) is 2. The van der Waals surface area contributed by atoms with Crippen molar-refractivity contribution in [2.24, 2.45) is 0 Å². The van der Waals surface area contributed by atoms with Crippen LogP contribution in [-0.4, -0.2) is 48.1 Å². The van der Waals surface area contributed by atoms with Crippen LogP contribution in [0.5, 0.6) is 0 Å². The molecule has 2 fully saturated rings. The number of urea groups is 1. The van der Waals surface area contributed by atoms with E-state index in [0.29, 0.717) is 6.04 Å². The molecule has 0 atom stereocenters.